The summed E-state index contributed by atoms with van der Waals surface area (Å²) in [7, 11) is 4.83. The molecule has 1 N–H and O–H groups in total. The van der Waals surface area contributed by atoms with Crippen LogP contribution in [0.5, 0.6) is 0 Å². The molecule has 6 nitrogen and oxygen atoms in total. The van der Waals surface area contributed by atoms with Crippen LogP contribution in [0.2, 0.25) is 0 Å². The van der Waals surface area contributed by atoms with Crippen molar-refractivity contribution < 1.29 is 9.59 Å². The third-order valence-corrected chi connectivity index (χ3v) is 3.45. The maximum atomic E-state index is 12.1. The van der Waals surface area contributed by atoms with Gasteiger partial charge < -0.3 is 14.8 Å². The Bertz CT molecular complexity index is 586. The maximum Gasteiger partial charge on any atom is 0.274 e. The van der Waals surface area contributed by atoms with Gasteiger partial charge in [-0.3, -0.25) is 14.4 Å². The van der Waals surface area contributed by atoms with Crippen LogP contribution in [0.1, 0.15) is 37.0 Å². The molecule has 0 radical (unpaired) electrons. The van der Waals surface area contributed by atoms with Crippen LogP contribution < -0.4 is 10.9 Å². The van der Waals surface area contributed by atoms with E-state index in [0.717, 1.165) is 0 Å². The molecule has 2 amide bonds. The summed E-state index contributed by atoms with van der Waals surface area (Å²) >= 11 is 0. The molecule has 0 aromatic carbocycles. The molecule has 0 aliphatic carbocycles. The molecule has 1 heterocycles. The van der Waals surface area contributed by atoms with Crippen LogP contribution in [0.25, 0.3) is 0 Å². The van der Waals surface area contributed by atoms with Crippen molar-refractivity contribution in [2.45, 2.75) is 26.7 Å². The summed E-state index contributed by atoms with van der Waals surface area (Å²) in [6.07, 6.45) is 2.88. The van der Waals surface area contributed by atoms with E-state index in [-0.39, 0.29) is 29.0 Å². The van der Waals surface area contributed by atoms with Crippen molar-refractivity contribution in [2.75, 3.05) is 19.4 Å². The molecule has 21 heavy (non-hydrogen) atoms. The molecule has 0 unspecified atom stereocenters. The lowest BCUT2D eigenvalue weighted by Gasteiger charge is -2.15. The molecule has 1 rings (SSSR count). The Morgan fingerprint density at radius 2 is 1.86 bits per heavy atom. The van der Waals surface area contributed by atoms with Crippen LogP contribution in [0.3, 0.4) is 0 Å². The fraction of sp³-hybridized carbons (Fsp3) is 0.533. The van der Waals surface area contributed by atoms with Crippen molar-refractivity contribution in [1.29, 1.82) is 0 Å². The van der Waals surface area contributed by atoms with Crippen molar-refractivity contribution in [3.8, 4) is 0 Å². The van der Waals surface area contributed by atoms with Gasteiger partial charge in [0.1, 0.15) is 5.69 Å². The topological polar surface area (TPSA) is 71.4 Å². The van der Waals surface area contributed by atoms with Gasteiger partial charge in [0.15, 0.2) is 0 Å². The highest BCUT2D eigenvalue weighted by Gasteiger charge is 2.18. The number of hydrogen-bond donors (Lipinski definition) is 1. The van der Waals surface area contributed by atoms with E-state index in [1.807, 2.05) is 13.8 Å². The zero-order valence-corrected chi connectivity index (χ0v) is 13.3. The first-order valence-electron chi connectivity index (χ1n) is 7.04. The van der Waals surface area contributed by atoms with Crippen LogP contribution in [0, 0.1) is 5.92 Å². The van der Waals surface area contributed by atoms with Gasteiger partial charge in [0, 0.05) is 33.3 Å². The Kier molecular flexibility index (Phi) is 5.69. The monoisotopic (exact) mass is 293 g/mol. The first kappa shape index (κ1) is 16.9. The third-order valence-electron chi connectivity index (χ3n) is 3.45. The number of hydrogen-bond acceptors (Lipinski definition) is 3. The van der Waals surface area contributed by atoms with Crippen molar-refractivity contribution in [1.82, 2.24) is 9.47 Å². The Labute approximate surface area is 124 Å². The largest absolute Gasteiger partial charge is 0.345 e. The van der Waals surface area contributed by atoms with Gasteiger partial charge in [-0.1, -0.05) is 13.8 Å². The first-order valence-corrected chi connectivity index (χ1v) is 7.04. The van der Waals surface area contributed by atoms with Crippen molar-refractivity contribution >= 4 is 17.5 Å². The second kappa shape index (κ2) is 7.06. The summed E-state index contributed by atoms with van der Waals surface area (Å²) in [6.45, 7) is 3.86. The highest BCUT2D eigenvalue weighted by atomic mass is 16.2. The van der Waals surface area contributed by atoms with E-state index in [1.165, 1.54) is 21.7 Å². The van der Waals surface area contributed by atoms with Crippen LogP contribution in [-0.2, 0) is 11.8 Å². The van der Waals surface area contributed by atoms with Crippen LogP contribution in [-0.4, -0.2) is 35.4 Å². The van der Waals surface area contributed by atoms with Crippen molar-refractivity contribution in [3.63, 3.8) is 0 Å². The number of aromatic nitrogens is 1. The molecule has 0 saturated carbocycles. The number of anilines is 1. The second-order valence-electron chi connectivity index (χ2n) is 5.26. The Balaban J connectivity index is 3.15. The molecule has 116 valence electrons. The lowest BCUT2D eigenvalue weighted by molar-refractivity contribution is -0.120. The van der Waals surface area contributed by atoms with Gasteiger partial charge in [-0.05, 0) is 18.9 Å². The average molecular weight is 293 g/mol. The van der Waals surface area contributed by atoms with Crippen LogP contribution in [0.4, 0.5) is 5.69 Å². The van der Waals surface area contributed by atoms with Gasteiger partial charge in [0.2, 0.25) is 5.91 Å². The zero-order valence-electron chi connectivity index (χ0n) is 13.3. The minimum atomic E-state index is -0.329. The lowest BCUT2D eigenvalue weighted by atomic mass is 10.0. The minimum absolute atomic E-state index is 0.136. The normalized spacial score (nSPS) is 10.6. The highest BCUT2D eigenvalue weighted by Crippen LogP contribution is 2.12. The van der Waals surface area contributed by atoms with Crippen LogP contribution in [0.15, 0.2) is 17.1 Å². The molecule has 0 spiro atoms. The molecule has 0 atom stereocenters. The molecule has 6 heteroatoms. The number of carbonyl (C=O) groups excluding carboxylic acids is 2. The number of nitrogens with zero attached hydrogens (tertiary/aromatic N) is 2. The van der Waals surface area contributed by atoms with Gasteiger partial charge in [0.05, 0.1) is 5.56 Å². The average Bonchev–Trinajstić information content (AvgIpc) is 2.43. The van der Waals surface area contributed by atoms with Crippen LogP contribution >= 0.6 is 0 Å². The number of amides is 2. The smallest absolute Gasteiger partial charge is 0.274 e. The standard InChI is InChI=1S/C15H23N3O3/c1-6-10(7-2)13(19)16-12-8-11(14(20)17(3)4)9-18(5)15(12)21/h8-10H,6-7H2,1-5H3,(H,16,19). The van der Waals surface area contributed by atoms with E-state index in [4.69, 9.17) is 0 Å². The molecule has 0 saturated heterocycles. The predicted octanol–water partition coefficient (Wildman–Crippen LogP) is 1.46. The number of rotatable bonds is 5. The van der Waals surface area contributed by atoms with E-state index in [1.54, 1.807) is 21.1 Å². The third kappa shape index (κ3) is 3.93. The van der Waals surface area contributed by atoms with E-state index >= 15 is 0 Å². The first-order chi connectivity index (χ1) is 9.81. The van der Waals surface area contributed by atoms with E-state index in [9.17, 15) is 14.4 Å². The summed E-state index contributed by atoms with van der Waals surface area (Å²) in [6, 6.07) is 1.44. The zero-order chi connectivity index (χ0) is 16.2. The molecular weight excluding hydrogens is 270 g/mol. The molecule has 1 aromatic heterocycles. The van der Waals surface area contributed by atoms with Gasteiger partial charge >= 0.3 is 0 Å². The Morgan fingerprint density at radius 3 is 2.33 bits per heavy atom. The van der Waals surface area contributed by atoms with Gasteiger partial charge in [-0.15, -0.1) is 0 Å². The quantitative estimate of drug-likeness (QED) is 0.893. The minimum Gasteiger partial charge on any atom is -0.345 e. The maximum absolute atomic E-state index is 12.1. The number of pyridine rings is 1. The fourth-order valence-electron chi connectivity index (χ4n) is 2.07. The van der Waals surface area contributed by atoms with E-state index in [0.29, 0.717) is 18.4 Å². The second-order valence-corrected chi connectivity index (χ2v) is 5.26. The molecule has 0 aliphatic rings. The summed E-state index contributed by atoms with van der Waals surface area (Å²) in [5, 5.41) is 2.64. The SMILES string of the molecule is CCC(CC)C(=O)Nc1cc(C(=O)N(C)C)cn(C)c1=O. The summed E-state index contributed by atoms with van der Waals surface area (Å²) < 4.78 is 1.30. The van der Waals surface area contributed by atoms with Crippen molar-refractivity contribution in [3.05, 3.63) is 28.2 Å². The lowest BCUT2D eigenvalue weighted by Crippen LogP contribution is -2.30. The molecule has 1 aromatic rings. The van der Waals surface area contributed by atoms with Gasteiger partial charge in [-0.2, -0.15) is 0 Å². The number of nitrogens with one attached hydrogen (secondary N) is 1. The summed E-state index contributed by atoms with van der Waals surface area (Å²) in [5.41, 5.74) is 0.175. The van der Waals surface area contributed by atoms with Gasteiger partial charge in [0.25, 0.3) is 11.5 Å². The highest BCUT2D eigenvalue weighted by molar-refractivity contribution is 5.97. The molecule has 0 aliphatic heterocycles. The summed E-state index contributed by atoms with van der Waals surface area (Å²) in [4.78, 5) is 37.6. The molecular formula is C15H23N3O3. The van der Waals surface area contributed by atoms with E-state index < -0.39 is 0 Å². The molecule has 0 bridgehead atoms. The number of carbonyl (C=O) groups is 2. The van der Waals surface area contributed by atoms with Gasteiger partial charge in [-0.25, -0.2) is 0 Å². The Hall–Kier alpha value is -2.11. The van der Waals surface area contributed by atoms with Crippen molar-refractivity contribution in [2.24, 2.45) is 13.0 Å². The Morgan fingerprint density at radius 1 is 1.29 bits per heavy atom. The number of aryl methyl sites for hydroxylation is 1. The fourth-order valence-corrected chi connectivity index (χ4v) is 2.07. The summed E-state index contributed by atoms with van der Waals surface area (Å²) in [5.74, 6) is -0.543. The predicted molar refractivity (Wildman–Crippen MR) is 82.4 cm³/mol. The molecule has 0 fully saturated rings. The van der Waals surface area contributed by atoms with E-state index in [2.05, 4.69) is 5.32 Å².